The molecule has 1 saturated heterocycles. The van der Waals surface area contributed by atoms with Crippen LogP contribution < -0.4 is 16.0 Å². The molecule has 1 aromatic carbocycles. The second-order valence-corrected chi connectivity index (χ2v) is 5.67. The average molecular weight is 287 g/mol. The van der Waals surface area contributed by atoms with Crippen LogP contribution in [0.5, 0.6) is 0 Å². The molecule has 1 aromatic rings. The molecule has 1 atom stereocenters. The van der Waals surface area contributed by atoms with E-state index in [-0.39, 0.29) is 11.8 Å². The molecule has 2 amide bonds. The summed E-state index contributed by atoms with van der Waals surface area (Å²) in [7, 11) is 0. The molecule has 3 rings (SSSR count). The van der Waals surface area contributed by atoms with Crippen LogP contribution >= 0.6 is 0 Å². The van der Waals surface area contributed by atoms with E-state index in [1.54, 1.807) is 0 Å². The molecule has 0 aromatic heterocycles. The van der Waals surface area contributed by atoms with E-state index < -0.39 is 6.04 Å². The van der Waals surface area contributed by atoms with Crippen LogP contribution in [0.25, 0.3) is 0 Å². The Kier molecular flexibility index (Phi) is 4.08. The number of benzene rings is 1. The number of hydrogen-bond acceptors (Lipinski definition) is 3. The van der Waals surface area contributed by atoms with Crippen molar-refractivity contribution in [2.75, 3.05) is 18.4 Å². The summed E-state index contributed by atoms with van der Waals surface area (Å²) in [6.45, 7) is 1.65. The number of amides is 2. The Bertz CT molecular complexity index is 556. The smallest absolute Gasteiger partial charge is 0.252 e. The fraction of sp³-hybridized carbons (Fsp3) is 0.500. The van der Waals surface area contributed by atoms with Crippen molar-refractivity contribution in [3.63, 3.8) is 0 Å². The number of hydrogen-bond donors (Lipinski definition) is 3. The molecule has 0 spiro atoms. The third-order valence-electron chi connectivity index (χ3n) is 4.18. The summed E-state index contributed by atoms with van der Waals surface area (Å²) in [4.78, 5) is 24.5. The van der Waals surface area contributed by atoms with Gasteiger partial charge in [-0.15, -0.1) is 0 Å². The number of fused-ring (bicyclic) bond motifs is 1. The summed E-state index contributed by atoms with van der Waals surface area (Å²) < 4.78 is 0. The standard InChI is InChI=1S/C16H21N3O2/c20-15(19-14-7-1-2-9-18-16(14)21)12-5-3-8-13-11(12)6-4-10-17-13/h3,5,8,14,17H,1-2,4,6-7,9-10H2,(H,18,21)(H,19,20). The minimum absolute atomic E-state index is 0.0660. The van der Waals surface area contributed by atoms with Crippen LogP contribution in [0.4, 0.5) is 5.69 Å². The van der Waals surface area contributed by atoms with Crippen molar-refractivity contribution in [2.45, 2.75) is 38.1 Å². The lowest BCUT2D eigenvalue weighted by Crippen LogP contribution is -2.45. The molecule has 21 heavy (non-hydrogen) atoms. The zero-order valence-electron chi connectivity index (χ0n) is 12.1. The van der Waals surface area contributed by atoms with Gasteiger partial charge in [0.2, 0.25) is 5.91 Å². The van der Waals surface area contributed by atoms with Crippen LogP contribution in [0, 0.1) is 0 Å². The van der Waals surface area contributed by atoms with Crippen LogP contribution in [-0.2, 0) is 11.2 Å². The van der Waals surface area contributed by atoms with E-state index in [1.165, 1.54) is 0 Å². The Morgan fingerprint density at radius 1 is 1.14 bits per heavy atom. The largest absolute Gasteiger partial charge is 0.385 e. The van der Waals surface area contributed by atoms with Crippen molar-refractivity contribution in [1.82, 2.24) is 10.6 Å². The summed E-state index contributed by atoms with van der Waals surface area (Å²) in [5.74, 6) is -0.207. The fourth-order valence-corrected chi connectivity index (χ4v) is 3.04. The quantitative estimate of drug-likeness (QED) is 0.771. The highest BCUT2D eigenvalue weighted by atomic mass is 16.2. The highest BCUT2D eigenvalue weighted by Gasteiger charge is 2.24. The van der Waals surface area contributed by atoms with Gasteiger partial charge in [-0.05, 0) is 49.8 Å². The van der Waals surface area contributed by atoms with Gasteiger partial charge in [0, 0.05) is 24.3 Å². The number of anilines is 1. The van der Waals surface area contributed by atoms with Gasteiger partial charge in [-0.1, -0.05) is 6.07 Å². The van der Waals surface area contributed by atoms with Gasteiger partial charge in [0.05, 0.1) is 0 Å². The molecule has 5 heteroatoms. The van der Waals surface area contributed by atoms with E-state index >= 15 is 0 Å². The normalized spacial score (nSPS) is 21.5. The van der Waals surface area contributed by atoms with Crippen LogP contribution in [-0.4, -0.2) is 30.9 Å². The Morgan fingerprint density at radius 3 is 2.90 bits per heavy atom. The first-order valence-electron chi connectivity index (χ1n) is 7.70. The van der Waals surface area contributed by atoms with E-state index in [9.17, 15) is 9.59 Å². The maximum Gasteiger partial charge on any atom is 0.252 e. The Hall–Kier alpha value is -2.04. The molecule has 112 valence electrons. The van der Waals surface area contributed by atoms with Crippen molar-refractivity contribution in [3.05, 3.63) is 29.3 Å². The van der Waals surface area contributed by atoms with Gasteiger partial charge in [0.15, 0.2) is 0 Å². The lowest BCUT2D eigenvalue weighted by molar-refractivity contribution is -0.122. The predicted molar refractivity (Wildman–Crippen MR) is 81.4 cm³/mol. The summed E-state index contributed by atoms with van der Waals surface area (Å²) in [6.07, 6.45) is 4.58. The highest BCUT2D eigenvalue weighted by molar-refractivity contribution is 6.00. The molecule has 5 nitrogen and oxygen atoms in total. The fourth-order valence-electron chi connectivity index (χ4n) is 3.04. The van der Waals surface area contributed by atoms with Gasteiger partial charge in [0.25, 0.3) is 5.91 Å². The second-order valence-electron chi connectivity index (χ2n) is 5.67. The minimum atomic E-state index is -0.410. The number of carbonyl (C=O) groups is 2. The molecule has 0 radical (unpaired) electrons. The molecule has 2 aliphatic rings. The summed E-state index contributed by atoms with van der Waals surface area (Å²) in [5.41, 5.74) is 2.80. The molecule has 0 saturated carbocycles. The van der Waals surface area contributed by atoms with Crippen LogP contribution in [0.2, 0.25) is 0 Å². The zero-order valence-corrected chi connectivity index (χ0v) is 12.1. The molecule has 2 heterocycles. The van der Waals surface area contributed by atoms with E-state index in [1.807, 2.05) is 18.2 Å². The maximum absolute atomic E-state index is 12.5. The molecule has 3 N–H and O–H groups in total. The van der Waals surface area contributed by atoms with Crippen LogP contribution in [0.1, 0.15) is 41.6 Å². The van der Waals surface area contributed by atoms with Crippen LogP contribution in [0.15, 0.2) is 18.2 Å². The monoisotopic (exact) mass is 287 g/mol. The van der Waals surface area contributed by atoms with E-state index in [0.717, 1.165) is 43.5 Å². The van der Waals surface area contributed by atoms with E-state index in [2.05, 4.69) is 16.0 Å². The first kappa shape index (κ1) is 13.9. The van der Waals surface area contributed by atoms with Gasteiger partial charge in [0.1, 0.15) is 6.04 Å². The van der Waals surface area contributed by atoms with Crippen LogP contribution in [0.3, 0.4) is 0 Å². The van der Waals surface area contributed by atoms with E-state index in [0.29, 0.717) is 18.5 Å². The molecular formula is C16H21N3O2. The third kappa shape index (κ3) is 3.01. The van der Waals surface area contributed by atoms with Crippen molar-refractivity contribution in [1.29, 1.82) is 0 Å². The van der Waals surface area contributed by atoms with E-state index in [4.69, 9.17) is 0 Å². The molecular weight excluding hydrogens is 266 g/mol. The van der Waals surface area contributed by atoms with Gasteiger partial charge < -0.3 is 16.0 Å². The molecule has 0 bridgehead atoms. The summed E-state index contributed by atoms with van der Waals surface area (Å²) in [5, 5.41) is 9.07. The second kappa shape index (κ2) is 6.16. The highest BCUT2D eigenvalue weighted by Crippen LogP contribution is 2.25. The molecule has 2 aliphatic heterocycles. The molecule has 1 fully saturated rings. The number of carbonyl (C=O) groups excluding carboxylic acids is 2. The van der Waals surface area contributed by atoms with Crippen molar-refractivity contribution in [2.24, 2.45) is 0 Å². The predicted octanol–water partition coefficient (Wildman–Crippen LogP) is 1.44. The Balaban J connectivity index is 1.77. The first-order valence-corrected chi connectivity index (χ1v) is 7.70. The zero-order chi connectivity index (χ0) is 14.7. The Labute approximate surface area is 124 Å². The lowest BCUT2D eigenvalue weighted by Gasteiger charge is -2.22. The SMILES string of the molecule is O=C(NC1CCCCNC1=O)c1cccc2c1CCCN2. The minimum Gasteiger partial charge on any atom is -0.385 e. The summed E-state index contributed by atoms with van der Waals surface area (Å²) >= 11 is 0. The molecule has 1 unspecified atom stereocenters. The van der Waals surface area contributed by atoms with Crippen molar-refractivity contribution >= 4 is 17.5 Å². The maximum atomic E-state index is 12.5. The van der Waals surface area contributed by atoms with Crippen molar-refractivity contribution < 1.29 is 9.59 Å². The number of rotatable bonds is 2. The summed E-state index contributed by atoms with van der Waals surface area (Å²) in [6, 6.07) is 5.32. The molecule has 0 aliphatic carbocycles. The number of nitrogens with one attached hydrogen (secondary N) is 3. The van der Waals surface area contributed by atoms with Gasteiger partial charge in [-0.2, -0.15) is 0 Å². The Morgan fingerprint density at radius 2 is 2.00 bits per heavy atom. The van der Waals surface area contributed by atoms with Gasteiger partial charge >= 0.3 is 0 Å². The lowest BCUT2D eigenvalue weighted by atomic mass is 9.97. The van der Waals surface area contributed by atoms with Gasteiger partial charge in [-0.25, -0.2) is 0 Å². The average Bonchev–Trinajstić information content (AvgIpc) is 2.71. The third-order valence-corrected chi connectivity index (χ3v) is 4.18. The topological polar surface area (TPSA) is 70.2 Å². The first-order chi connectivity index (χ1) is 10.3. The van der Waals surface area contributed by atoms with Gasteiger partial charge in [-0.3, -0.25) is 9.59 Å². The van der Waals surface area contributed by atoms with Crippen molar-refractivity contribution in [3.8, 4) is 0 Å².